The summed E-state index contributed by atoms with van der Waals surface area (Å²) in [5.41, 5.74) is 0.782. The van der Waals surface area contributed by atoms with Crippen LogP contribution in [-0.4, -0.2) is 17.0 Å². The summed E-state index contributed by atoms with van der Waals surface area (Å²) in [6, 6.07) is 0. The third-order valence-corrected chi connectivity index (χ3v) is 9.14. The van der Waals surface area contributed by atoms with E-state index in [1.165, 1.54) is 38.5 Å². The normalized spacial score (nSPS) is 54.1. The molecule has 0 aromatic heterocycles. The average molecular weight is 319 g/mol. The lowest BCUT2D eigenvalue weighted by molar-refractivity contribution is -0.141. The number of carbonyl (C=O) groups excluding carboxylic acids is 1. The zero-order chi connectivity index (χ0) is 16.4. The molecule has 0 spiro atoms. The van der Waals surface area contributed by atoms with Crippen molar-refractivity contribution >= 4 is 5.78 Å². The lowest BCUT2D eigenvalue weighted by atomic mass is 9.44. The SMILES string of the molecule is C[C@H](O)[C@H]1CC[C@H]2[C@@H]3CCC4CC(=O)CC[C@]4(C)[C@H]3CC[C@]12C. The third kappa shape index (κ3) is 2.19. The first-order valence-corrected chi connectivity index (χ1v) is 10.1. The van der Waals surface area contributed by atoms with Crippen LogP contribution in [0.5, 0.6) is 0 Å². The van der Waals surface area contributed by atoms with Gasteiger partial charge in [-0.15, -0.1) is 0 Å². The van der Waals surface area contributed by atoms with Crippen molar-refractivity contribution in [3.63, 3.8) is 0 Å². The lowest BCUT2D eigenvalue weighted by Crippen LogP contribution is -2.54. The van der Waals surface area contributed by atoms with Crippen LogP contribution in [0.15, 0.2) is 0 Å². The van der Waals surface area contributed by atoms with Crippen molar-refractivity contribution in [2.24, 2.45) is 40.4 Å². The summed E-state index contributed by atoms with van der Waals surface area (Å²) in [5, 5.41) is 10.3. The van der Waals surface area contributed by atoms with E-state index in [1.807, 2.05) is 6.92 Å². The summed E-state index contributed by atoms with van der Waals surface area (Å²) < 4.78 is 0. The Balaban J connectivity index is 1.61. The highest BCUT2D eigenvalue weighted by Crippen LogP contribution is 2.67. The van der Waals surface area contributed by atoms with Gasteiger partial charge in [0, 0.05) is 12.8 Å². The molecule has 0 aliphatic heterocycles. The van der Waals surface area contributed by atoms with Crippen molar-refractivity contribution in [1.29, 1.82) is 0 Å². The number of rotatable bonds is 1. The molecule has 2 nitrogen and oxygen atoms in total. The number of hydrogen-bond acceptors (Lipinski definition) is 2. The Morgan fingerprint density at radius 1 is 1.00 bits per heavy atom. The molecule has 0 bridgehead atoms. The van der Waals surface area contributed by atoms with Crippen molar-refractivity contribution < 1.29 is 9.90 Å². The van der Waals surface area contributed by atoms with Crippen LogP contribution in [-0.2, 0) is 4.79 Å². The van der Waals surface area contributed by atoms with E-state index in [-0.39, 0.29) is 6.10 Å². The number of Topliss-reactive ketones (excluding diaryl/α,β-unsaturated/α-hetero) is 1. The van der Waals surface area contributed by atoms with Crippen molar-refractivity contribution in [3.05, 3.63) is 0 Å². The molecule has 2 heteroatoms. The minimum Gasteiger partial charge on any atom is -0.393 e. The smallest absolute Gasteiger partial charge is 0.133 e. The average Bonchev–Trinajstić information content (AvgIpc) is 2.85. The van der Waals surface area contributed by atoms with E-state index >= 15 is 0 Å². The Bertz CT molecular complexity index is 498. The van der Waals surface area contributed by atoms with E-state index in [2.05, 4.69) is 13.8 Å². The molecule has 0 aromatic carbocycles. The number of fused-ring (bicyclic) bond motifs is 5. The number of carbonyl (C=O) groups is 1. The van der Waals surface area contributed by atoms with E-state index in [1.54, 1.807) is 0 Å². The summed E-state index contributed by atoms with van der Waals surface area (Å²) in [4.78, 5) is 11.9. The number of ketones is 1. The second kappa shape index (κ2) is 5.31. The standard InChI is InChI=1S/C21H34O2/c1-13(22)17-6-7-18-16-5-4-14-12-15(23)8-10-20(14,2)19(16)9-11-21(17,18)3/h13-14,16-19,22H,4-12H2,1-3H3/t13-,14?,16-,17+,18-,19-,20-,21+/m0/s1. The molecular formula is C21H34O2. The van der Waals surface area contributed by atoms with Gasteiger partial charge in [-0.05, 0) is 92.3 Å². The molecule has 4 saturated carbocycles. The number of aliphatic hydroxyl groups is 1. The van der Waals surface area contributed by atoms with Crippen LogP contribution in [0.1, 0.15) is 78.6 Å². The third-order valence-electron chi connectivity index (χ3n) is 9.14. The fraction of sp³-hybridized carbons (Fsp3) is 0.952. The van der Waals surface area contributed by atoms with Gasteiger partial charge >= 0.3 is 0 Å². The zero-order valence-electron chi connectivity index (χ0n) is 15.2. The largest absolute Gasteiger partial charge is 0.393 e. The molecule has 23 heavy (non-hydrogen) atoms. The van der Waals surface area contributed by atoms with Crippen LogP contribution >= 0.6 is 0 Å². The second-order valence-corrected chi connectivity index (χ2v) is 9.87. The van der Waals surface area contributed by atoms with Crippen LogP contribution < -0.4 is 0 Å². The molecule has 0 amide bonds. The Hall–Kier alpha value is -0.370. The fourth-order valence-electron chi connectivity index (χ4n) is 7.88. The summed E-state index contributed by atoms with van der Waals surface area (Å²) in [5.74, 6) is 4.18. The van der Waals surface area contributed by atoms with Gasteiger partial charge < -0.3 is 5.11 Å². The van der Waals surface area contributed by atoms with Gasteiger partial charge in [0.1, 0.15) is 5.78 Å². The van der Waals surface area contributed by atoms with E-state index in [4.69, 9.17) is 0 Å². The first-order valence-electron chi connectivity index (χ1n) is 10.1. The van der Waals surface area contributed by atoms with Gasteiger partial charge in [0.15, 0.2) is 0 Å². The highest BCUT2D eigenvalue weighted by molar-refractivity contribution is 5.79. The van der Waals surface area contributed by atoms with Gasteiger partial charge in [0.2, 0.25) is 0 Å². The predicted octanol–water partition coefficient (Wildman–Crippen LogP) is 4.60. The molecule has 0 aromatic rings. The minimum atomic E-state index is -0.152. The molecular weight excluding hydrogens is 284 g/mol. The Labute approximate surface area is 141 Å². The molecule has 4 aliphatic carbocycles. The molecule has 0 radical (unpaired) electrons. The maximum Gasteiger partial charge on any atom is 0.133 e. The fourth-order valence-corrected chi connectivity index (χ4v) is 7.88. The molecule has 130 valence electrons. The van der Waals surface area contributed by atoms with E-state index in [9.17, 15) is 9.90 Å². The second-order valence-electron chi connectivity index (χ2n) is 9.87. The molecule has 1 unspecified atom stereocenters. The number of hydrogen-bond donors (Lipinski definition) is 1. The Morgan fingerprint density at radius 2 is 1.74 bits per heavy atom. The summed E-state index contributed by atoms with van der Waals surface area (Å²) in [6.07, 6.45) is 10.5. The monoisotopic (exact) mass is 318 g/mol. The molecule has 1 N–H and O–H groups in total. The zero-order valence-corrected chi connectivity index (χ0v) is 15.2. The van der Waals surface area contributed by atoms with Gasteiger partial charge in [-0.3, -0.25) is 4.79 Å². The van der Waals surface area contributed by atoms with Crippen molar-refractivity contribution in [2.45, 2.75) is 84.7 Å². The Morgan fingerprint density at radius 3 is 2.48 bits per heavy atom. The highest BCUT2D eigenvalue weighted by atomic mass is 16.3. The van der Waals surface area contributed by atoms with Crippen LogP contribution in [0.4, 0.5) is 0 Å². The van der Waals surface area contributed by atoms with Crippen LogP contribution in [0.2, 0.25) is 0 Å². The Kier molecular flexibility index (Phi) is 3.72. The maximum atomic E-state index is 11.9. The highest BCUT2D eigenvalue weighted by Gasteiger charge is 2.60. The van der Waals surface area contributed by atoms with Gasteiger partial charge in [-0.25, -0.2) is 0 Å². The molecule has 8 atom stereocenters. The molecule has 4 aliphatic rings. The lowest BCUT2D eigenvalue weighted by Gasteiger charge is -2.60. The first kappa shape index (κ1) is 16.1. The maximum absolute atomic E-state index is 11.9. The first-order chi connectivity index (χ1) is 10.9. The van der Waals surface area contributed by atoms with Crippen LogP contribution in [0, 0.1) is 40.4 Å². The predicted molar refractivity (Wildman–Crippen MR) is 91.9 cm³/mol. The van der Waals surface area contributed by atoms with Crippen molar-refractivity contribution in [1.82, 2.24) is 0 Å². The van der Waals surface area contributed by atoms with E-state index in [0.29, 0.717) is 28.4 Å². The summed E-state index contributed by atoms with van der Waals surface area (Å²) in [7, 11) is 0. The van der Waals surface area contributed by atoms with Gasteiger partial charge in [0.05, 0.1) is 6.10 Å². The molecule has 4 fully saturated rings. The van der Waals surface area contributed by atoms with Gasteiger partial charge in [-0.1, -0.05) is 13.8 Å². The molecule has 0 saturated heterocycles. The summed E-state index contributed by atoms with van der Waals surface area (Å²) in [6.45, 7) is 7.01. The van der Waals surface area contributed by atoms with Gasteiger partial charge in [-0.2, -0.15) is 0 Å². The van der Waals surface area contributed by atoms with Crippen LogP contribution in [0.3, 0.4) is 0 Å². The van der Waals surface area contributed by atoms with E-state index in [0.717, 1.165) is 37.0 Å². The topological polar surface area (TPSA) is 37.3 Å². The molecule has 4 rings (SSSR count). The molecule has 0 heterocycles. The van der Waals surface area contributed by atoms with Crippen molar-refractivity contribution in [2.75, 3.05) is 0 Å². The quantitative estimate of drug-likeness (QED) is 0.767. The van der Waals surface area contributed by atoms with E-state index < -0.39 is 0 Å². The van der Waals surface area contributed by atoms with Gasteiger partial charge in [0.25, 0.3) is 0 Å². The van der Waals surface area contributed by atoms with Crippen LogP contribution in [0.25, 0.3) is 0 Å². The number of aliphatic hydroxyl groups excluding tert-OH is 1. The summed E-state index contributed by atoms with van der Waals surface area (Å²) >= 11 is 0. The van der Waals surface area contributed by atoms with Crippen molar-refractivity contribution in [3.8, 4) is 0 Å². The minimum absolute atomic E-state index is 0.152.